The van der Waals surface area contributed by atoms with Crippen LogP contribution in [0.25, 0.3) is 11.8 Å². The highest BCUT2D eigenvalue weighted by molar-refractivity contribution is 6.18. The number of carbonyl (C=O) groups excluding carboxylic acids is 1. The highest BCUT2D eigenvalue weighted by atomic mass is 19.1. The van der Waals surface area contributed by atoms with Crippen molar-refractivity contribution in [2.24, 2.45) is 5.92 Å². The molecule has 0 radical (unpaired) electrons. The summed E-state index contributed by atoms with van der Waals surface area (Å²) in [6.45, 7) is 4.10. The van der Waals surface area contributed by atoms with Crippen LogP contribution in [0.2, 0.25) is 0 Å². The Morgan fingerprint density at radius 3 is 2.71 bits per heavy atom. The molecule has 0 bridgehead atoms. The minimum Gasteiger partial charge on any atom is -0.396 e. The number of nitrogens with zero attached hydrogens (tertiary/aromatic N) is 4. The lowest BCUT2D eigenvalue weighted by Gasteiger charge is -2.13. The second-order valence-corrected chi connectivity index (χ2v) is 5.55. The summed E-state index contributed by atoms with van der Waals surface area (Å²) >= 11 is 0. The summed E-state index contributed by atoms with van der Waals surface area (Å²) in [6.07, 6.45) is 2.19. The van der Waals surface area contributed by atoms with Gasteiger partial charge in [0.05, 0.1) is 0 Å². The van der Waals surface area contributed by atoms with Gasteiger partial charge in [0.15, 0.2) is 5.82 Å². The largest absolute Gasteiger partial charge is 0.396 e. The number of aromatic nitrogens is 4. The number of nitrogens with one attached hydrogen (secondary N) is 1. The minimum absolute atomic E-state index is 0.0709. The lowest BCUT2D eigenvalue weighted by atomic mass is 10.1. The molecule has 1 amide bonds. The van der Waals surface area contributed by atoms with Gasteiger partial charge in [-0.25, -0.2) is 4.39 Å². The number of aryl methyl sites for hydroxylation is 1. The van der Waals surface area contributed by atoms with Crippen LogP contribution in [0.4, 0.5) is 4.39 Å². The summed E-state index contributed by atoms with van der Waals surface area (Å²) in [5.41, 5.74) is 0.889. The number of aliphatic hydroxyl groups excluding tert-OH is 1. The molecule has 1 unspecified atom stereocenters. The van der Waals surface area contributed by atoms with E-state index in [-0.39, 0.29) is 29.9 Å². The van der Waals surface area contributed by atoms with Gasteiger partial charge in [0.25, 0.3) is 5.91 Å². The lowest BCUT2D eigenvalue weighted by molar-refractivity contribution is -0.116. The van der Waals surface area contributed by atoms with Crippen molar-refractivity contribution in [3.63, 3.8) is 0 Å². The van der Waals surface area contributed by atoms with Gasteiger partial charge in [-0.3, -0.25) is 4.79 Å². The molecule has 2 aromatic rings. The molecular weight excluding hydrogens is 313 g/mol. The average molecular weight is 333 g/mol. The van der Waals surface area contributed by atoms with Gasteiger partial charge in [0.1, 0.15) is 11.5 Å². The van der Waals surface area contributed by atoms with Gasteiger partial charge in [0, 0.05) is 13.2 Å². The Balaban J connectivity index is 2.25. The Morgan fingerprint density at radius 2 is 2.12 bits per heavy atom. The van der Waals surface area contributed by atoms with Crippen LogP contribution in [0.3, 0.4) is 0 Å². The summed E-state index contributed by atoms with van der Waals surface area (Å²) in [5.74, 6) is -0.1000. The average Bonchev–Trinajstić information content (AvgIpc) is 2.98. The van der Waals surface area contributed by atoms with Crippen LogP contribution >= 0.6 is 0 Å². The Morgan fingerprint density at radius 1 is 1.42 bits per heavy atom. The highest BCUT2D eigenvalue weighted by Crippen LogP contribution is 2.13. The molecule has 1 atom stereocenters. The van der Waals surface area contributed by atoms with E-state index in [2.05, 4.69) is 20.8 Å². The molecule has 0 aliphatic heterocycles. The Labute approximate surface area is 139 Å². The van der Waals surface area contributed by atoms with E-state index in [4.69, 9.17) is 5.11 Å². The van der Waals surface area contributed by atoms with E-state index >= 15 is 0 Å². The maximum Gasteiger partial charge on any atom is 0.270 e. The van der Waals surface area contributed by atoms with Gasteiger partial charge in [-0.1, -0.05) is 19.1 Å². The maximum atomic E-state index is 13.0. The molecule has 8 heteroatoms. The molecule has 7 nitrogen and oxygen atoms in total. The molecule has 2 N–H and O–H groups in total. The molecule has 1 aromatic carbocycles. The molecular formula is C16H20FN5O2. The number of hydrogen-bond acceptors (Lipinski definition) is 5. The highest BCUT2D eigenvalue weighted by Gasteiger charge is 2.16. The van der Waals surface area contributed by atoms with E-state index < -0.39 is 0 Å². The number of halogens is 1. The van der Waals surface area contributed by atoms with Crippen molar-refractivity contribution >= 4 is 17.7 Å². The number of benzene rings is 1. The standard InChI is InChI=1S/C16H20FN5O2/c1-11(7-8-23)10-18-16(24)15(22-12(2)19-20-21-22)9-13-3-5-14(17)6-4-13/h3-6,9,11,23H,7-8,10H2,1-2H3,(H,18,24)/b15-9-. The summed E-state index contributed by atoms with van der Waals surface area (Å²) in [7, 11) is 0. The number of carbonyl (C=O) groups is 1. The monoisotopic (exact) mass is 333 g/mol. The molecule has 24 heavy (non-hydrogen) atoms. The molecule has 0 saturated heterocycles. The first kappa shape index (κ1) is 17.7. The van der Waals surface area contributed by atoms with Crippen LogP contribution < -0.4 is 5.32 Å². The van der Waals surface area contributed by atoms with Crippen molar-refractivity contribution in [3.05, 3.63) is 41.5 Å². The fraction of sp³-hybridized carbons (Fsp3) is 0.375. The van der Waals surface area contributed by atoms with Crippen LogP contribution in [0, 0.1) is 18.7 Å². The molecule has 0 aliphatic rings. The van der Waals surface area contributed by atoms with Crippen molar-refractivity contribution in [1.29, 1.82) is 0 Å². The van der Waals surface area contributed by atoms with Gasteiger partial charge in [-0.2, -0.15) is 4.68 Å². The van der Waals surface area contributed by atoms with E-state index in [0.717, 1.165) is 0 Å². The van der Waals surface area contributed by atoms with Gasteiger partial charge >= 0.3 is 0 Å². The summed E-state index contributed by atoms with van der Waals surface area (Å²) < 4.78 is 14.4. The normalized spacial score (nSPS) is 12.9. The van der Waals surface area contributed by atoms with Crippen LogP contribution in [0.1, 0.15) is 24.7 Å². The minimum atomic E-state index is -0.352. The molecule has 0 fully saturated rings. The molecule has 0 spiro atoms. The third kappa shape index (κ3) is 4.69. The summed E-state index contributed by atoms with van der Waals surface area (Å²) in [6, 6.07) is 5.77. The predicted octanol–water partition coefficient (Wildman–Crippen LogP) is 1.25. The second kappa shape index (κ2) is 8.30. The van der Waals surface area contributed by atoms with E-state index in [9.17, 15) is 9.18 Å². The predicted molar refractivity (Wildman–Crippen MR) is 87.0 cm³/mol. The number of tetrazole rings is 1. The Bertz CT molecular complexity index is 712. The molecule has 1 heterocycles. The number of rotatable bonds is 7. The van der Waals surface area contributed by atoms with Crippen LogP contribution in [0.5, 0.6) is 0 Å². The van der Waals surface area contributed by atoms with E-state index in [0.29, 0.717) is 24.4 Å². The van der Waals surface area contributed by atoms with Gasteiger partial charge < -0.3 is 10.4 Å². The van der Waals surface area contributed by atoms with Crippen molar-refractivity contribution in [2.45, 2.75) is 20.3 Å². The first-order valence-electron chi connectivity index (χ1n) is 7.63. The lowest BCUT2D eigenvalue weighted by Crippen LogP contribution is -2.31. The second-order valence-electron chi connectivity index (χ2n) is 5.55. The first-order chi connectivity index (χ1) is 11.5. The van der Waals surface area contributed by atoms with Crippen molar-refractivity contribution in [3.8, 4) is 0 Å². The van der Waals surface area contributed by atoms with Crippen LogP contribution in [-0.4, -0.2) is 44.4 Å². The van der Waals surface area contributed by atoms with Crippen LogP contribution in [-0.2, 0) is 4.79 Å². The van der Waals surface area contributed by atoms with Gasteiger partial charge in [0.2, 0.25) is 0 Å². The van der Waals surface area contributed by atoms with E-state index in [1.165, 1.54) is 16.8 Å². The molecule has 0 saturated carbocycles. The zero-order valence-corrected chi connectivity index (χ0v) is 13.6. The third-order valence-corrected chi connectivity index (χ3v) is 3.49. The molecule has 1 aromatic heterocycles. The number of hydrogen-bond donors (Lipinski definition) is 2. The molecule has 128 valence electrons. The fourth-order valence-corrected chi connectivity index (χ4v) is 2.07. The van der Waals surface area contributed by atoms with Crippen molar-refractivity contribution < 1.29 is 14.3 Å². The SMILES string of the molecule is Cc1nnnn1/C(=C\c1ccc(F)cc1)C(=O)NCC(C)CCO. The van der Waals surface area contributed by atoms with E-state index in [1.807, 2.05) is 6.92 Å². The summed E-state index contributed by atoms with van der Waals surface area (Å²) in [5, 5.41) is 22.9. The topological polar surface area (TPSA) is 92.9 Å². The Hall–Kier alpha value is -2.61. The number of amides is 1. The Kier molecular flexibility index (Phi) is 6.14. The summed E-state index contributed by atoms with van der Waals surface area (Å²) in [4.78, 5) is 12.5. The van der Waals surface area contributed by atoms with Crippen molar-refractivity contribution in [1.82, 2.24) is 25.5 Å². The zero-order valence-electron chi connectivity index (χ0n) is 13.6. The number of aliphatic hydroxyl groups is 1. The molecule has 2 rings (SSSR count). The molecule has 0 aliphatic carbocycles. The maximum absolute atomic E-state index is 13.0. The van der Waals surface area contributed by atoms with Gasteiger partial charge in [-0.15, -0.1) is 5.10 Å². The van der Waals surface area contributed by atoms with E-state index in [1.54, 1.807) is 25.1 Å². The first-order valence-corrected chi connectivity index (χ1v) is 7.63. The quantitative estimate of drug-likeness (QED) is 0.744. The van der Waals surface area contributed by atoms with Gasteiger partial charge in [-0.05, 0) is 53.5 Å². The van der Waals surface area contributed by atoms with Crippen molar-refractivity contribution in [2.75, 3.05) is 13.2 Å². The smallest absolute Gasteiger partial charge is 0.270 e. The van der Waals surface area contributed by atoms with Crippen LogP contribution in [0.15, 0.2) is 24.3 Å². The zero-order chi connectivity index (χ0) is 17.5. The fourth-order valence-electron chi connectivity index (χ4n) is 2.07. The third-order valence-electron chi connectivity index (χ3n) is 3.49.